The number of amides is 1. The summed E-state index contributed by atoms with van der Waals surface area (Å²) < 4.78 is 16.9. The van der Waals surface area contributed by atoms with Gasteiger partial charge < -0.3 is 19.5 Å². The fourth-order valence-corrected chi connectivity index (χ4v) is 4.00. The number of hydrogen-bond acceptors (Lipinski definition) is 4. The summed E-state index contributed by atoms with van der Waals surface area (Å²) in [6.45, 7) is 8.49. The summed E-state index contributed by atoms with van der Waals surface area (Å²) >= 11 is 0. The molecule has 1 fully saturated rings. The zero-order valence-electron chi connectivity index (χ0n) is 17.8. The molecule has 0 aromatic heterocycles. The molecule has 156 valence electrons. The number of carbonyl (C=O) groups excluding carboxylic acids is 1. The lowest BCUT2D eigenvalue weighted by molar-refractivity contribution is 0.0479. The Labute approximate surface area is 173 Å². The Morgan fingerprint density at radius 2 is 1.83 bits per heavy atom. The number of rotatable bonds is 7. The van der Waals surface area contributed by atoms with Crippen molar-refractivity contribution < 1.29 is 19.0 Å². The highest BCUT2D eigenvalue weighted by Crippen LogP contribution is 2.40. The highest BCUT2D eigenvalue weighted by molar-refractivity contribution is 5.94. The molecule has 2 aromatic rings. The van der Waals surface area contributed by atoms with E-state index in [1.54, 1.807) is 7.11 Å². The SMILES string of the molecule is CCOc1ccc(C(=O)NCC2(c3cc(C)ccc3OC)CCOCC2)cc1C. The van der Waals surface area contributed by atoms with Crippen LogP contribution in [0, 0.1) is 13.8 Å². The molecule has 1 aliphatic rings. The van der Waals surface area contributed by atoms with Gasteiger partial charge in [0.1, 0.15) is 11.5 Å². The third-order valence-electron chi connectivity index (χ3n) is 5.70. The van der Waals surface area contributed by atoms with Crippen LogP contribution in [-0.2, 0) is 10.2 Å². The van der Waals surface area contributed by atoms with Gasteiger partial charge in [0.15, 0.2) is 0 Å². The summed E-state index contributed by atoms with van der Waals surface area (Å²) in [5, 5.41) is 3.17. The largest absolute Gasteiger partial charge is 0.496 e. The number of benzene rings is 2. The minimum atomic E-state index is -0.203. The molecule has 1 saturated heterocycles. The molecule has 5 nitrogen and oxygen atoms in total. The molecule has 5 heteroatoms. The van der Waals surface area contributed by atoms with E-state index in [0.717, 1.165) is 35.5 Å². The Morgan fingerprint density at radius 3 is 2.48 bits per heavy atom. The molecule has 3 rings (SSSR count). The maximum atomic E-state index is 12.9. The van der Waals surface area contributed by atoms with Gasteiger partial charge in [0.05, 0.1) is 13.7 Å². The van der Waals surface area contributed by atoms with Crippen LogP contribution in [0.5, 0.6) is 11.5 Å². The van der Waals surface area contributed by atoms with Gasteiger partial charge in [-0.05, 0) is 63.4 Å². The third kappa shape index (κ3) is 4.73. The number of ether oxygens (including phenoxy) is 3. The van der Waals surface area contributed by atoms with Gasteiger partial charge in [-0.25, -0.2) is 0 Å². The second-order valence-electron chi connectivity index (χ2n) is 7.69. The number of carbonyl (C=O) groups is 1. The lowest BCUT2D eigenvalue weighted by Crippen LogP contribution is -2.44. The minimum Gasteiger partial charge on any atom is -0.496 e. The maximum Gasteiger partial charge on any atom is 0.251 e. The van der Waals surface area contributed by atoms with Gasteiger partial charge in [-0.1, -0.05) is 17.7 Å². The molecule has 2 aromatic carbocycles. The number of methoxy groups -OCH3 is 1. The van der Waals surface area contributed by atoms with Gasteiger partial charge in [-0.2, -0.15) is 0 Å². The Kier molecular flexibility index (Phi) is 6.80. The van der Waals surface area contributed by atoms with Crippen molar-refractivity contribution in [2.75, 3.05) is 33.5 Å². The lowest BCUT2D eigenvalue weighted by atomic mass is 9.73. The Balaban J connectivity index is 1.82. The average Bonchev–Trinajstić information content (AvgIpc) is 2.74. The summed E-state index contributed by atoms with van der Waals surface area (Å²) in [5.74, 6) is 1.60. The van der Waals surface area contributed by atoms with Gasteiger partial charge in [0.2, 0.25) is 0 Å². The molecule has 1 N–H and O–H groups in total. The predicted octanol–water partition coefficient (Wildman–Crippen LogP) is 4.19. The molecule has 0 aliphatic carbocycles. The van der Waals surface area contributed by atoms with Crippen LogP contribution in [0.1, 0.15) is 46.8 Å². The van der Waals surface area contributed by atoms with E-state index in [2.05, 4.69) is 24.4 Å². The van der Waals surface area contributed by atoms with Crippen molar-refractivity contribution in [2.24, 2.45) is 0 Å². The first-order chi connectivity index (χ1) is 14.0. The third-order valence-corrected chi connectivity index (χ3v) is 5.70. The summed E-state index contributed by atoms with van der Waals surface area (Å²) in [6.07, 6.45) is 1.69. The fourth-order valence-electron chi connectivity index (χ4n) is 4.00. The van der Waals surface area contributed by atoms with Gasteiger partial charge in [-0.3, -0.25) is 4.79 Å². The number of aryl methyl sites for hydroxylation is 2. The topological polar surface area (TPSA) is 56.8 Å². The first-order valence-corrected chi connectivity index (χ1v) is 10.2. The van der Waals surface area contributed by atoms with Crippen molar-refractivity contribution in [3.63, 3.8) is 0 Å². The van der Waals surface area contributed by atoms with E-state index in [-0.39, 0.29) is 11.3 Å². The first-order valence-electron chi connectivity index (χ1n) is 10.2. The first kappa shape index (κ1) is 21.2. The molecular formula is C24H31NO4. The number of nitrogens with one attached hydrogen (secondary N) is 1. The van der Waals surface area contributed by atoms with Crippen LogP contribution in [0.3, 0.4) is 0 Å². The van der Waals surface area contributed by atoms with Gasteiger partial charge in [0.25, 0.3) is 5.91 Å². The van der Waals surface area contributed by atoms with Crippen LogP contribution in [0.25, 0.3) is 0 Å². The molecule has 0 radical (unpaired) electrons. The van der Waals surface area contributed by atoms with Crippen LogP contribution < -0.4 is 14.8 Å². The molecule has 0 bridgehead atoms. The van der Waals surface area contributed by atoms with Crippen molar-refractivity contribution in [2.45, 2.75) is 39.0 Å². The van der Waals surface area contributed by atoms with Crippen LogP contribution in [0.2, 0.25) is 0 Å². The molecule has 0 saturated carbocycles. The molecule has 1 aliphatic heterocycles. The van der Waals surface area contributed by atoms with E-state index in [9.17, 15) is 4.79 Å². The predicted molar refractivity (Wildman–Crippen MR) is 114 cm³/mol. The summed E-state index contributed by atoms with van der Waals surface area (Å²) in [7, 11) is 1.70. The zero-order valence-corrected chi connectivity index (χ0v) is 17.8. The van der Waals surface area contributed by atoms with Crippen molar-refractivity contribution in [3.8, 4) is 11.5 Å². The van der Waals surface area contributed by atoms with Gasteiger partial charge in [-0.15, -0.1) is 0 Å². The summed E-state index contributed by atoms with van der Waals surface area (Å²) in [5.41, 5.74) is 3.72. The molecule has 1 heterocycles. The molecule has 1 amide bonds. The van der Waals surface area contributed by atoms with Gasteiger partial charge >= 0.3 is 0 Å². The lowest BCUT2D eigenvalue weighted by Gasteiger charge is -2.38. The molecule has 0 unspecified atom stereocenters. The fraction of sp³-hybridized carbons (Fsp3) is 0.458. The monoisotopic (exact) mass is 397 g/mol. The average molecular weight is 398 g/mol. The van der Waals surface area contributed by atoms with Crippen LogP contribution in [-0.4, -0.2) is 39.4 Å². The zero-order chi connectivity index (χ0) is 20.9. The normalized spacial score (nSPS) is 15.6. The highest BCUT2D eigenvalue weighted by atomic mass is 16.5. The van der Waals surface area contributed by atoms with E-state index < -0.39 is 0 Å². The second-order valence-corrected chi connectivity index (χ2v) is 7.69. The highest BCUT2D eigenvalue weighted by Gasteiger charge is 2.37. The van der Waals surface area contributed by atoms with E-state index in [1.165, 1.54) is 5.56 Å². The number of hydrogen-bond donors (Lipinski definition) is 1. The standard InChI is InChI=1S/C24H31NO4/c1-5-29-21-9-7-19(15-18(21)3)23(26)25-16-24(10-12-28-13-11-24)20-14-17(2)6-8-22(20)27-4/h6-9,14-15H,5,10-13,16H2,1-4H3,(H,25,26). The molecule has 29 heavy (non-hydrogen) atoms. The van der Waals surface area contributed by atoms with E-state index in [0.29, 0.717) is 31.9 Å². The van der Waals surface area contributed by atoms with Crippen molar-refractivity contribution >= 4 is 5.91 Å². The smallest absolute Gasteiger partial charge is 0.251 e. The van der Waals surface area contributed by atoms with Gasteiger partial charge in [0, 0.05) is 36.3 Å². The van der Waals surface area contributed by atoms with E-state index in [1.807, 2.05) is 38.1 Å². The van der Waals surface area contributed by atoms with Crippen molar-refractivity contribution in [3.05, 3.63) is 58.7 Å². The quantitative estimate of drug-likeness (QED) is 0.761. The van der Waals surface area contributed by atoms with Crippen molar-refractivity contribution in [1.82, 2.24) is 5.32 Å². The van der Waals surface area contributed by atoms with Crippen LogP contribution >= 0.6 is 0 Å². The molecular weight excluding hydrogens is 366 g/mol. The van der Waals surface area contributed by atoms with Crippen LogP contribution in [0.15, 0.2) is 36.4 Å². The van der Waals surface area contributed by atoms with Crippen LogP contribution in [0.4, 0.5) is 0 Å². The summed E-state index contributed by atoms with van der Waals surface area (Å²) in [4.78, 5) is 12.9. The van der Waals surface area contributed by atoms with E-state index in [4.69, 9.17) is 14.2 Å². The maximum absolute atomic E-state index is 12.9. The van der Waals surface area contributed by atoms with Crippen molar-refractivity contribution in [1.29, 1.82) is 0 Å². The second kappa shape index (κ2) is 9.31. The minimum absolute atomic E-state index is 0.0753. The summed E-state index contributed by atoms with van der Waals surface area (Å²) in [6, 6.07) is 11.8. The van der Waals surface area contributed by atoms with E-state index >= 15 is 0 Å². The molecule has 0 spiro atoms. The Morgan fingerprint density at radius 1 is 1.10 bits per heavy atom. The Bertz CT molecular complexity index is 856. The Hall–Kier alpha value is -2.53. The molecule has 0 atom stereocenters.